The second kappa shape index (κ2) is 5.94. The molecule has 1 aromatic heterocycles. The lowest BCUT2D eigenvalue weighted by atomic mass is 10.2. The number of aromatic nitrogens is 2. The lowest BCUT2D eigenvalue weighted by Crippen LogP contribution is -2.43. The fourth-order valence-corrected chi connectivity index (χ4v) is 4.34. The Morgan fingerprint density at radius 2 is 2.11 bits per heavy atom. The van der Waals surface area contributed by atoms with Gasteiger partial charge >= 0.3 is 0 Å². The topological polar surface area (TPSA) is 66.4 Å². The molecule has 1 aliphatic rings. The molecule has 7 heteroatoms. The van der Waals surface area contributed by atoms with Gasteiger partial charge in [0.1, 0.15) is 0 Å². The summed E-state index contributed by atoms with van der Waals surface area (Å²) in [5, 5.41) is 0. The van der Waals surface area contributed by atoms with Crippen LogP contribution in [0, 0.1) is 0 Å². The Kier molecular flexibility index (Phi) is 4.49. The van der Waals surface area contributed by atoms with Crippen molar-refractivity contribution in [3.8, 4) is 0 Å². The molecule has 0 unspecified atom stereocenters. The van der Waals surface area contributed by atoms with Crippen LogP contribution in [0.5, 0.6) is 0 Å². The molecule has 1 fully saturated rings. The minimum Gasteiger partial charge on any atom is -0.261 e. The molecule has 0 aromatic carbocycles. The van der Waals surface area contributed by atoms with Gasteiger partial charge in [-0.3, -0.25) is 9.97 Å². The van der Waals surface area contributed by atoms with Gasteiger partial charge in [-0.05, 0) is 12.8 Å². The van der Waals surface area contributed by atoms with Crippen molar-refractivity contribution in [2.45, 2.75) is 32.7 Å². The monoisotopic (exact) mass is 284 g/mol. The van der Waals surface area contributed by atoms with Gasteiger partial charge in [-0.2, -0.15) is 17.0 Å². The highest BCUT2D eigenvalue weighted by atomic mass is 32.2. The smallest absolute Gasteiger partial charge is 0.261 e. The van der Waals surface area contributed by atoms with E-state index in [9.17, 15) is 8.42 Å². The van der Waals surface area contributed by atoms with Gasteiger partial charge in [-0.15, -0.1) is 0 Å². The van der Waals surface area contributed by atoms with Crippen LogP contribution in [-0.2, 0) is 10.2 Å². The molecule has 0 spiro atoms. The summed E-state index contributed by atoms with van der Waals surface area (Å²) in [5.74, 6) is 0. The van der Waals surface area contributed by atoms with E-state index in [2.05, 4.69) is 9.97 Å². The molecule has 0 bridgehead atoms. The van der Waals surface area contributed by atoms with Crippen LogP contribution in [0.4, 0.5) is 0 Å². The van der Waals surface area contributed by atoms with Gasteiger partial charge in [0.15, 0.2) is 0 Å². The highest BCUT2D eigenvalue weighted by molar-refractivity contribution is 7.86. The van der Waals surface area contributed by atoms with E-state index in [0.29, 0.717) is 19.6 Å². The largest absolute Gasteiger partial charge is 0.282 e. The summed E-state index contributed by atoms with van der Waals surface area (Å²) < 4.78 is 28.2. The standard InChI is InChI=1S/C12H20N4O2S/c1-3-15(4-2)19(17,18)16-9-5-6-12(16)11-10-13-7-8-14-11/h7-8,10,12H,3-6,9H2,1-2H3/t12-/m0/s1. The average molecular weight is 284 g/mol. The molecule has 0 N–H and O–H groups in total. The molecular weight excluding hydrogens is 264 g/mol. The number of hydrogen-bond acceptors (Lipinski definition) is 4. The molecule has 1 aliphatic heterocycles. The summed E-state index contributed by atoms with van der Waals surface area (Å²) in [5.41, 5.74) is 0.732. The first kappa shape index (κ1) is 14.4. The third-order valence-corrected chi connectivity index (χ3v) is 5.66. The first-order valence-corrected chi connectivity index (χ1v) is 8.03. The van der Waals surface area contributed by atoms with Gasteiger partial charge in [0.2, 0.25) is 0 Å². The van der Waals surface area contributed by atoms with Crippen molar-refractivity contribution in [2.24, 2.45) is 0 Å². The van der Waals surface area contributed by atoms with Crippen LogP contribution in [0.25, 0.3) is 0 Å². The highest BCUT2D eigenvalue weighted by Gasteiger charge is 2.38. The maximum Gasteiger partial charge on any atom is 0.282 e. The van der Waals surface area contributed by atoms with Gasteiger partial charge < -0.3 is 0 Å². The zero-order valence-electron chi connectivity index (χ0n) is 11.4. The van der Waals surface area contributed by atoms with Crippen molar-refractivity contribution in [1.82, 2.24) is 18.6 Å². The third kappa shape index (κ3) is 2.77. The van der Waals surface area contributed by atoms with Crippen molar-refractivity contribution < 1.29 is 8.42 Å². The number of hydrogen-bond donors (Lipinski definition) is 0. The molecule has 0 radical (unpaired) electrons. The SMILES string of the molecule is CCN(CC)S(=O)(=O)N1CCC[C@H]1c1cnccn1. The number of rotatable bonds is 5. The predicted molar refractivity (Wildman–Crippen MR) is 72.6 cm³/mol. The fourth-order valence-electron chi connectivity index (χ4n) is 2.49. The third-order valence-electron chi connectivity index (χ3n) is 3.46. The average Bonchev–Trinajstić information content (AvgIpc) is 2.91. The maximum absolute atomic E-state index is 12.6. The van der Waals surface area contributed by atoms with Crippen molar-refractivity contribution in [3.05, 3.63) is 24.3 Å². The Balaban J connectivity index is 2.29. The Hall–Kier alpha value is -1.05. The first-order valence-electron chi connectivity index (χ1n) is 6.64. The van der Waals surface area contributed by atoms with Gasteiger partial charge in [0, 0.05) is 32.0 Å². The minimum absolute atomic E-state index is 0.181. The van der Waals surface area contributed by atoms with E-state index in [1.54, 1.807) is 22.9 Å². The summed E-state index contributed by atoms with van der Waals surface area (Å²) in [4.78, 5) is 8.28. The molecule has 0 aliphatic carbocycles. The fraction of sp³-hybridized carbons (Fsp3) is 0.667. The van der Waals surface area contributed by atoms with Gasteiger partial charge in [-0.25, -0.2) is 0 Å². The Labute approximate surface area is 114 Å². The molecule has 2 rings (SSSR count). The number of nitrogens with zero attached hydrogens (tertiary/aromatic N) is 4. The van der Waals surface area contributed by atoms with Crippen LogP contribution < -0.4 is 0 Å². The summed E-state index contributed by atoms with van der Waals surface area (Å²) >= 11 is 0. The lowest BCUT2D eigenvalue weighted by Gasteiger charge is -2.29. The second-order valence-corrected chi connectivity index (χ2v) is 6.37. The second-order valence-electron chi connectivity index (χ2n) is 4.49. The van der Waals surface area contributed by atoms with E-state index in [0.717, 1.165) is 18.5 Å². The van der Waals surface area contributed by atoms with Gasteiger partial charge in [0.05, 0.1) is 17.9 Å². The summed E-state index contributed by atoms with van der Waals surface area (Å²) in [6, 6.07) is -0.181. The van der Waals surface area contributed by atoms with Crippen LogP contribution in [0.2, 0.25) is 0 Å². The highest BCUT2D eigenvalue weighted by Crippen LogP contribution is 2.33. The molecule has 0 amide bonds. The molecule has 6 nitrogen and oxygen atoms in total. The van der Waals surface area contributed by atoms with Crippen molar-refractivity contribution >= 4 is 10.2 Å². The van der Waals surface area contributed by atoms with E-state index in [1.807, 2.05) is 13.8 Å². The van der Waals surface area contributed by atoms with E-state index >= 15 is 0 Å². The van der Waals surface area contributed by atoms with E-state index in [-0.39, 0.29) is 6.04 Å². The molecule has 19 heavy (non-hydrogen) atoms. The lowest BCUT2D eigenvalue weighted by molar-refractivity contribution is 0.334. The molecule has 106 valence electrons. The molecule has 1 aromatic rings. The van der Waals surface area contributed by atoms with Crippen molar-refractivity contribution in [2.75, 3.05) is 19.6 Å². The molecular formula is C12H20N4O2S. The van der Waals surface area contributed by atoms with E-state index in [1.165, 1.54) is 4.31 Å². The molecule has 1 saturated heterocycles. The Morgan fingerprint density at radius 3 is 2.68 bits per heavy atom. The van der Waals surface area contributed by atoms with Gasteiger partial charge in [0.25, 0.3) is 10.2 Å². The van der Waals surface area contributed by atoms with Crippen molar-refractivity contribution in [1.29, 1.82) is 0 Å². The van der Waals surface area contributed by atoms with E-state index in [4.69, 9.17) is 0 Å². The van der Waals surface area contributed by atoms with Crippen LogP contribution >= 0.6 is 0 Å². The normalized spacial score (nSPS) is 21.1. The zero-order valence-corrected chi connectivity index (χ0v) is 12.2. The summed E-state index contributed by atoms with van der Waals surface area (Å²) in [6.07, 6.45) is 6.53. The Morgan fingerprint density at radius 1 is 1.37 bits per heavy atom. The van der Waals surface area contributed by atoms with Crippen LogP contribution in [0.3, 0.4) is 0 Å². The first-order chi connectivity index (χ1) is 9.11. The zero-order chi connectivity index (χ0) is 13.9. The molecule has 2 heterocycles. The molecule has 0 saturated carbocycles. The summed E-state index contributed by atoms with van der Waals surface area (Å²) in [7, 11) is -3.40. The summed E-state index contributed by atoms with van der Waals surface area (Å²) in [6.45, 7) is 5.24. The van der Waals surface area contributed by atoms with Crippen LogP contribution in [-0.4, -0.2) is 46.6 Å². The molecule has 1 atom stereocenters. The van der Waals surface area contributed by atoms with E-state index < -0.39 is 10.2 Å². The minimum atomic E-state index is -3.40. The van der Waals surface area contributed by atoms with Crippen molar-refractivity contribution in [3.63, 3.8) is 0 Å². The van der Waals surface area contributed by atoms with Crippen LogP contribution in [0.15, 0.2) is 18.6 Å². The quantitative estimate of drug-likeness (QED) is 0.815. The Bertz CT molecular complexity index is 502. The predicted octanol–water partition coefficient (Wildman–Crippen LogP) is 1.20. The maximum atomic E-state index is 12.6. The van der Waals surface area contributed by atoms with Crippen LogP contribution in [0.1, 0.15) is 38.4 Å². The van der Waals surface area contributed by atoms with Gasteiger partial charge in [-0.1, -0.05) is 13.8 Å².